The van der Waals surface area contributed by atoms with Crippen LogP contribution in [0.1, 0.15) is 12.8 Å². The molecule has 0 bridgehead atoms. The molecule has 1 nitrogen and oxygen atoms in total. The van der Waals surface area contributed by atoms with E-state index in [4.69, 9.17) is 11.6 Å². The first-order valence-corrected chi connectivity index (χ1v) is 3.80. The van der Waals surface area contributed by atoms with Gasteiger partial charge in [-0.05, 0) is 19.4 Å². The lowest BCUT2D eigenvalue weighted by atomic mass is 10.3. The molecule has 0 aromatic heterocycles. The van der Waals surface area contributed by atoms with Crippen molar-refractivity contribution in [2.24, 2.45) is 0 Å². The first kappa shape index (κ1) is 9.73. The molecule has 0 aliphatic heterocycles. The molecule has 0 heterocycles. The first-order chi connectivity index (χ1) is 4.77. The second kappa shape index (κ2) is 6.84. The van der Waals surface area contributed by atoms with Gasteiger partial charge >= 0.3 is 0 Å². The average molecular weight is 160 g/mol. The smallest absolute Gasteiger partial charge is 0.0307 e. The molecular formula is C8H14ClN. The number of unbranched alkanes of at least 4 members (excludes halogenated alkanes) is 1. The van der Waals surface area contributed by atoms with Crippen LogP contribution in [0.25, 0.3) is 0 Å². The van der Waals surface area contributed by atoms with Crippen molar-refractivity contribution in [3.8, 4) is 0 Å². The highest BCUT2D eigenvalue weighted by molar-refractivity contribution is 6.29. The van der Waals surface area contributed by atoms with Crippen LogP contribution in [-0.2, 0) is 0 Å². The van der Waals surface area contributed by atoms with Gasteiger partial charge in [-0.2, -0.15) is 0 Å². The summed E-state index contributed by atoms with van der Waals surface area (Å²) in [5.41, 5.74) is 0. The van der Waals surface area contributed by atoms with Crippen molar-refractivity contribution in [3.05, 3.63) is 24.3 Å². The molecule has 1 N–H and O–H groups in total. The molecule has 2 heteroatoms. The minimum Gasteiger partial charge on any atom is -0.312 e. The summed E-state index contributed by atoms with van der Waals surface area (Å²) >= 11 is 5.51. The second-order valence-corrected chi connectivity index (χ2v) is 2.66. The quantitative estimate of drug-likeness (QED) is 0.463. The van der Waals surface area contributed by atoms with Gasteiger partial charge in [0.15, 0.2) is 0 Å². The van der Waals surface area contributed by atoms with E-state index in [-0.39, 0.29) is 0 Å². The lowest BCUT2D eigenvalue weighted by Gasteiger charge is -1.99. The van der Waals surface area contributed by atoms with Gasteiger partial charge in [0, 0.05) is 11.6 Å². The summed E-state index contributed by atoms with van der Waals surface area (Å²) in [5.74, 6) is 0. The van der Waals surface area contributed by atoms with Crippen LogP contribution in [0.3, 0.4) is 0 Å². The van der Waals surface area contributed by atoms with Crippen molar-refractivity contribution >= 4 is 11.6 Å². The monoisotopic (exact) mass is 159 g/mol. The van der Waals surface area contributed by atoms with Gasteiger partial charge in [0.05, 0.1) is 0 Å². The van der Waals surface area contributed by atoms with Crippen molar-refractivity contribution in [1.82, 2.24) is 5.32 Å². The summed E-state index contributed by atoms with van der Waals surface area (Å²) in [7, 11) is 0. The zero-order valence-electron chi connectivity index (χ0n) is 6.20. The van der Waals surface area contributed by atoms with Crippen molar-refractivity contribution in [2.75, 3.05) is 13.1 Å². The average Bonchev–Trinajstić information content (AvgIpc) is 1.87. The summed E-state index contributed by atoms with van der Waals surface area (Å²) < 4.78 is 0. The van der Waals surface area contributed by atoms with Crippen molar-refractivity contribution in [1.29, 1.82) is 0 Å². The Balaban J connectivity index is 2.90. The molecule has 0 aliphatic carbocycles. The number of rotatable bonds is 6. The number of halogens is 1. The third-order valence-electron chi connectivity index (χ3n) is 1.08. The maximum absolute atomic E-state index is 5.51. The number of allylic oxidation sites excluding steroid dienone is 1. The van der Waals surface area contributed by atoms with E-state index in [0.29, 0.717) is 11.6 Å². The summed E-state index contributed by atoms with van der Waals surface area (Å²) in [6.07, 6.45) is 4.09. The molecule has 0 radical (unpaired) electrons. The van der Waals surface area contributed by atoms with Gasteiger partial charge in [-0.15, -0.1) is 6.58 Å². The molecule has 0 rings (SSSR count). The van der Waals surface area contributed by atoms with Gasteiger partial charge in [0.2, 0.25) is 0 Å². The molecule has 0 atom stereocenters. The Labute approximate surface area is 67.8 Å². The fraction of sp³-hybridized carbons (Fsp3) is 0.500. The molecule has 0 aromatic carbocycles. The zero-order valence-corrected chi connectivity index (χ0v) is 6.95. The molecule has 0 spiro atoms. The summed E-state index contributed by atoms with van der Waals surface area (Å²) in [4.78, 5) is 0. The third-order valence-corrected chi connectivity index (χ3v) is 1.21. The van der Waals surface area contributed by atoms with E-state index in [2.05, 4.69) is 18.5 Å². The molecule has 0 saturated heterocycles. The minimum atomic E-state index is 0.665. The topological polar surface area (TPSA) is 12.0 Å². The summed E-state index contributed by atoms with van der Waals surface area (Å²) in [6.45, 7) is 8.87. The van der Waals surface area contributed by atoms with Crippen LogP contribution in [0.15, 0.2) is 24.3 Å². The molecular weight excluding hydrogens is 146 g/mol. The highest BCUT2D eigenvalue weighted by Crippen LogP contribution is 1.92. The Kier molecular flexibility index (Phi) is 6.66. The van der Waals surface area contributed by atoms with E-state index in [1.54, 1.807) is 0 Å². The normalized spacial score (nSPS) is 9.30. The Morgan fingerprint density at radius 3 is 2.80 bits per heavy atom. The minimum absolute atomic E-state index is 0.665. The van der Waals surface area contributed by atoms with E-state index < -0.39 is 0 Å². The third kappa shape index (κ3) is 7.73. The van der Waals surface area contributed by atoms with Gasteiger partial charge in [-0.3, -0.25) is 0 Å². The Morgan fingerprint density at radius 1 is 1.60 bits per heavy atom. The van der Waals surface area contributed by atoms with Crippen LogP contribution in [-0.4, -0.2) is 13.1 Å². The van der Waals surface area contributed by atoms with E-state index in [0.717, 1.165) is 19.4 Å². The lowest BCUT2D eigenvalue weighted by molar-refractivity contribution is 0.698. The zero-order chi connectivity index (χ0) is 7.82. The van der Waals surface area contributed by atoms with E-state index in [1.165, 1.54) is 0 Å². The number of hydrogen-bond acceptors (Lipinski definition) is 1. The highest BCUT2D eigenvalue weighted by atomic mass is 35.5. The van der Waals surface area contributed by atoms with Gasteiger partial charge < -0.3 is 5.32 Å². The van der Waals surface area contributed by atoms with Crippen molar-refractivity contribution < 1.29 is 0 Å². The van der Waals surface area contributed by atoms with E-state index >= 15 is 0 Å². The molecule has 0 saturated carbocycles. The Morgan fingerprint density at radius 2 is 2.30 bits per heavy atom. The number of nitrogens with one attached hydrogen (secondary N) is 1. The van der Waals surface area contributed by atoms with Crippen LogP contribution in [0.2, 0.25) is 0 Å². The van der Waals surface area contributed by atoms with E-state index in [9.17, 15) is 0 Å². The van der Waals surface area contributed by atoms with Crippen LogP contribution in [0.4, 0.5) is 0 Å². The maximum Gasteiger partial charge on any atom is 0.0307 e. The van der Waals surface area contributed by atoms with Gasteiger partial charge in [0.1, 0.15) is 0 Å². The van der Waals surface area contributed by atoms with Crippen LogP contribution in [0, 0.1) is 0 Å². The lowest BCUT2D eigenvalue weighted by Crippen LogP contribution is -2.16. The molecule has 0 aliphatic rings. The van der Waals surface area contributed by atoms with Crippen LogP contribution < -0.4 is 5.32 Å². The fourth-order valence-electron chi connectivity index (χ4n) is 0.595. The standard InChI is InChI=1S/C8H14ClN/c1-3-4-5-6-10-7-8(2)9/h3,10H,1-2,4-7H2. The van der Waals surface area contributed by atoms with Crippen molar-refractivity contribution in [2.45, 2.75) is 12.8 Å². The van der Waals surface area contributed by atoms with Gasteiger partial charge in [0.25, 0.3) is 0 Å². The van der Waals surface area contributed by atoms with E-state index in [1.807, 2.05) is 6.08 Å². The molecule has 0 aromatic rings. The maximum atomic E-state index is 5.51. The highest BCUT2D eigenvalue weighted by Gasteiger charge is 1.86. The largest absolute Gasteiger partial charge is 0.312 e. The molecule has 0 amide bonds. The van der Waals surface area contributed by atoms with Crippen LogP contribution in [0.5, 0.6) is 0 Å². The Hall–Kier alpha value is -0.270. The number of hydrogen-bond donors (Lipinski definition) is 1. The van der Waals surface area contributed by atoms with Crippen LogP contribution >= 0.6 is 11.6 Å². The summed E-state index contributed by atoms with van der Waals surface area (Å²) in [5, 5.41) is 3.81. The van der Waals surface area contributed by atoms with Gasteiger partial charge in [-0.1, -0.05) is 24.3 Å². The fourth-order valence-corrected chi connectivity index (χ4v) is 0.690. The summed E-state index contributed by atoms with van der Waals surface area (Å²) in [6, 6.07) is 0. The molecule has 58 valence electrons. The predicted molar refractivity (Wildman–Crippen MR) is 47.3 cm³/mol. The van der Waals surface area contributed by atoms with Gasteiger partial charge in [-0.25, -0.2) is 0 Å². The molecule has 0 unspecified atom stereocenters. The molecule has 10 heavy (non-hydrogen) atoms. The Bertz CT molecular complexity index is 110. The second-order valence-electron chi connectivity index (χ2n) is 2.12. The van der Waals surface area contributed by atoms with Crippen molar-refractivity contribution in [3.63, 3.8) is 0 Å². The predicted octanol–water partition coefficient (Wildman–Crippen LogP) is 2.29. The SMILES string of the molecule is C=CCCCNCC(=C)Cl. The molecule has 0 fully saturated rings. The first-order valence-electron chi connectivity index (χ1n) is 3.42.